The number of thiazole rings is 1. The largest absolute Gasteiger partial charge is 0.377 e. The first kappa shape index (κ1) is 19.8. The molecule has 2 aromatic carbocycles. The molecule has 0 unspecified atom stereocenters. The molecule has 1 heterocycles. The van der Waals surface area contributed by atoms with Crippen molar-refractivity contribution < 1.29 is 9.53 Å². The molecule has 0 saturated heterocycles. The Hall–Kier alpha value is -2.50. The summed E-state index contributed by atoms with van der Waals surface area (Å²) in [6, 6.07) is 18.3. The molecule has 4 rings (SSSR count). The summed E-state index contributed by atoms with van der Waals surface area (Å²) in [6.45, 7) is 1.89. The van der Waals surface area contributed by atoms with E-state index in [-0.39, 0.29) is 17.7 Å². The van der Waals surface area contributed by atoms with Crippen molar-refractivity contribution in [2.45, 2.75) is 31.8 Å². The lowest BCUT2D eigenvalue weighted by atomic mass is 9.82. The van der Waals surface area contributed by atoms with E-state index in [0.29, 0.717) is 19.8 Å². The molecule has 0 spiro atoms. The second-order valence-corrected chi connectivity index (χ2v) is 8.42. The maximum Gasteiger partial charge on any atom is 0.224 e. The average molecular weight is 407 g/mol. The van der Waals surface area contributed by atoms with Crippen LogP contribution in [0.25, 0.3) is 10.2 Å². The third kappa shape index (κ3) is 5.11. The Bertz CT molecular complexity index is 934. The lowest BCUT2D eigenvalue weighted by Gasteiger charge is -2.26. The van der Waals surface area contributed by atoms with E-state index in [0.717, 1.165) is 29.8 Å². The molecule has 0 bridgehead atoms. The highest BCUT2D eigenvalue weighted by atomic mass is 32.1. The van der Waals surface area contributed by atoms with E-state index in [1.165, 1.54) is 10.3 Å². The first-order valence-electron chi connectivity index (χ1n) is 10.2. The maximum absolute atomic E-state index is 12.8. The number of fused-ring (bicyclic) bond motifs is 1. The first-order chi connectivity index (χ1) is 14.3. The molecule has 29 heavy (non-hydrogen) atoms. The molecule has 0 radical (unpaired) electrons. The Morgan fingerprint density at radius 2 is 1.86 bits per heavy atom. The maximum atomic E-state index is 12.8. The Balaban J connectivity index is 1.27. The molecule has 2 atom stereocenters. The highest BCUT2D eigenvalue weighted by molar-refractivity contribution is 7.18. The molecule has 1 aliphatic carbocycles. The van der Waals surface area contributed by atoms with Gasteiger partial charge >= 0.3 is 0 Å². The molecule has 4 nitrogen and oxygen atoms in total. The van der Waals surface area contributed by atoms with Crippen molar-refractivity contribution in [2.24, 2.45) is 5.92 Å². The van der Waals surface area contributed by atoms with Crippen LogP contribution in [0.2, 0.25) is 0 Å². The zero-order valence-electron chi connectivity index (χ0n) is 16.4. The van der Waals surface area contributed by atoms with Crippen LogP contribution in [0, 0.1) is 5.92 Å². The van der Waals surface area contributed by atoms with Crippen molar-refractivity contribution in [3.05, 3.63) is 77.3 Å². The van der Waals surface area contributed by atoms with Gasteiger partial charge in [0, 0.05) is 19.1 Å². The van der Waals surface area contributed by atoms with Gasteiger partial charge in [0.15, 0.2) is 0 Å². The van der Waals surface area contributed by atoms with Gasteiger partial charge in [0.2, 0.25) is 5.91 Å². The second-order valence-electron chi connectivity index (χ2n) is 7.36. The highest BCUT2D eigenvalue weighted by Gasteiger charge is 2.32. The summed E-state index contributed by atoms with van der Waals surface area (Å²) in [5.41, 5.74) is 2.20. The van der Waals surface area contributed by atoms with Crippen molar-refractivity contribution in [3.8, 4) is 0 Å². The Morgan fingerprint density at radius 1 is 1.07 bits per heavy atom. The summed E-state index contributed by atoms with van der Waals surface area (Å²) in [7, 11) is 0. The fraction of sp³-hybridized carbons (Fsp3) is 0.333. The number of benzene rings is 2. The topological polar surface area (TPSA) is 51.2 Å². The number of hydrogen-bond donors (Lipinski definition) is 1. The number of ether oxygens (including phenoxy) is 1. The van der Waals surface area contributed by atoms with E-state index in [1.807, 2.05) is 36.4 Å². The van der Waals surface area contributed by atoms with Gasteiger partial charge in [-0.2, -0.15) is 0 Å². The highest BCUT2D eigenvalue weighted by Crippen LogP contribution is 2.38. The number of hydrogen-bond acceptors (Lipinski definition) is 4. The van der Waals surface area contributed by atoms with Crippen LogP contribution in [0.3, 0.4) is 0 Å². The number of rotatable bonds is 8. The number of carbonyl (C=O) groups is 1. The Kier molecular flexibility index (Phi) is 6.70. The predicted octanol–water partition coefficient (Wildman–Crippen LogP) is 5.07. The van der Waals surface area contributed by atoms with Crippen LogP contribution < -0.4 is 5.32 Å². The van der Waals surface area contributed by atoms with Gasteiger partial charge in [-0.1, -0.05) is 54.6 Å². The lowest BCUT2D eigenvalue weighted by Crippen LogP contribution is -2.35. The molecule has 1 aromatic heterocycles. The van der Waals surface area contributed by atoms with Crippen LogP contribution in [0.15, 0.2) is 66.7 Å². The van der Waals surface area contributed by atoms with Gasteiger partial charge in [-0.15, -0.1) is 11.3 Å². The van der Waals surface area contributed by atoms with E-state index in [2.05, 4.69) is 35.7 Å². The Morgan fingerprint density at radius 3 is 2.72 bits per heavy atom. The number of allylic oxidation sites excluding steroid dienone is 2. The standard InChI is InChI=1S/C24H26N2O2S/c27-23(25-15-8-16-28-17-18-9-2-1-3-10-18)19-11-4-5-12-20(19)24-26-21-13-6-7-14-22(21)29-24/h1-7,9-10,13-14,19-20H,8,11-12,15-17H2,(H,25,27)/t19-,20-/m0/s1. The molecule has 1 amide bonds. The number of nitrogens with one attached hydrogen (secondary N) is 1. The summed E-state index contributed by atoms with van der Waals surface area (Å²) in [4.78, 5) is 17.6. The monoisotopic (exact) mass is 406 g/mol. The van der Waals surface area contributed by atoms with Crippen molar-refractivity contribution in [1.82, 2.24) is 10.3 Å². The van der Waals surface area contributed by atoms with Gasteiger partial charge in [-0.3, -0.25) is 4.79 Å². The van der Waals surface area contributed by atoms with Gasteiger partial charge < -0.3 is 10.1 Å². The van der Waals surface area contributed by atoms with Gasteiger partial charge in [0.05, 0.1) is 27.7 Å². The molecular formula is C24H26N2O2S. The summed E-state index contributed by atoms with van der Waals surface area (Å²) >= 11 is 1.71. The summed E-state index contributed by atoms with van der Waals surface area (Å²) in [5, 5.41) is 4.18. The fourth-order valence-electron chi connectivity index (χ4n) is 3.71. The van der Waals surface area contributed by atoms with Gasteiger partial charge in [0.25, 0.3) is 0 Å². The quantitative estimate of drug-likeness (QED) is 0.420. The smallest absolute Gasteiger partial charge is 0.224 e. The molecule has 0 aliphatic heterocycles. The number of amides is 1. The van der Waals surface area contributed by atoms with Crippen LogP contribution in [-0.4, -0.2) is 24.0 Å². The molecular weight excluding hydrogens is 380 g/mol. The second kappa shape index (κ2) is 9.81. The number of aromatic nitrogens is 1. The minimum atomic E-state index is -0.0502. The third-order valence-electron chi connectivity index (χ3n) is 5.27. The average Bonchev–Trinajstić information content (AvgIpc) is 3.21. The minimum absolute atomic E-state index is 0.0502. The lowest BCUT2D eigenvalue weighted by molar-refractivity contribution is -0.125. The molecule has 1 N–H and O–H groups in total. The van der Waals surface area contributed by atoms with E-state index in [9.17, 15) is 4.79 Å². The Labute approximate surface area is 175 Å². The molecule has 3 aromatic rings. The molecule has 1 aliphatic rings. The molecule has 0 fully saturated rings. The van der Waals surface area contributed by atoms with Crippen molar-refractivity contribution in [1.29, 1.82) is 0 Å². The number of para-hydroxylation sites is 1. The van der Waals surface area contributed by atoms with Gasteiger partial charge in [0.1, 0.15) is 0 Å². The van der Waals surface area contributed by atoms with E-state index >= 15 is 0 Å². The van der Waals surface area contributed by atoms with Crippen LogP contribution in [0.1, 0.15) is 35.8 Å². The zero-order chi connectivity index (χ0) is 19.9. The fourth-order valence-corrected chi connectivity index (χ4v) is 4.85. The van der Waals surface area contributed by atoms with Crippen LogP contribution >= 0.6 is 11.3 Å². The van der Waals surface area contributed by atoms with E-state index in [4.69, 9.17) is 9.72 Å². The van der Waals surface area contributed by atoms with E-state index < -0.39 is 0 Å². The summed E-state index contributed by atoms with van der Waals surface area (Å²) < 4.78 is 6.89. The number of carbonyl (C=O) groups excluding carboxylic acids is 1. The van der Waals surface area contributed by atoms with Crippen molar-refractivity contribution in [2.75, 3.05) is 13.2 Å². The van der Waals surface area contributed by atoms with Crippen LogP contribution in [0.5, 0.6) is 0 Å². The van der Waals surface area contributed by atoms with Crippen molar-refractivity contribution >= 4 is 27.5 Å². The first-order valence-corrected chi connectivity index (χ1v) is 11.0. The van der Waals surface area contributed by atoms with Crippen molar-refractivity contribution in [3.63, 3.8) is 0 Å². The molecule has 5 heteroatoms. The number of nitrogens with zero attached hydrogens (tertiary/aromatic N) is 1. The molecule has 150 valence electrons. The van der Waals surface area contributed by atoms with E-state index in [1.54, 1.807) is 11.3 Å². The van der Waals surface area contributed by atoms with Crippen LogP contribution in [-0.2, 0) is 16.1 Å². The summed E-state index contributed by atoms with van der Waals surface area (Å²) in [6.07, 6.45) is 6.76. The molecule has 0 saturated carbocycles. The SMILES string of the molecule is O=C(NCCCOCc1ccccc1)[C@H]1CC=CC[C@@H]1c1nc2ccccc2s1. The third-order valence-corrected chi connectivity index (χ3v) is 6.44. The van der Waals surface area contributed by atoms with Crippen LogP contribution in [0.4, 0.5) is 0 Å². The van der Waals surface area contributed by atoms with Gasteiger partial charge in [-0.05, 0) is 37.0 Å². The zero-order valence-corrected chi connectivity index (χ0v) is 17.2. The van der Waals surface area contributed by atoms with Gasteiger partial charge in [-0.25, -0.2) is 4.98 Å². The summed E-state index contributed by atoms with van der Waals surface area (Å²) in [5.74, 6) is 0.235. The minimum Gasteiger partial charge on any atom is -0.377 e. The predicted molar refractivity (Wildman–Crippen MR) is 118 cm³/mol. The normalized spacial score (nSPS) is 18.8.